The maximum Gasteiger partial charge on any atom is 0.330 e. The van der Waals surface area contributed by atoms with Gasteiger partial charge in [0.25, 0.3) is 0 Å². The van der Waals surface area contributed by atoms with Crippen LogP contribution in [0, 0.1) is 18.3 Å². The third kappa shape index (κ3) is 6.34. The highest BCUT2D eigenvalue weighted by Gasteiger charge is 2.64. The van der Waals surface area contributed by atoms with E-state index in [-0.39, 0.29) is 41.7 Å². The number of halogens is 1. The van der Waals surface area contributed by atoms with Gasteiger partial charge in [-0.05, 0) is 71.6 Å². The van der Waals surface area contributed by atoms with Gasteiger partial charge in [0.15, 0.2) is 0 Å². The number of pyridine rings is 2. The second kappa shape index (κ2) is 12.4. The molecule has 2 fully saturated rings. The lowest BCUT2D eigenvalue weighted by molar-refractivity contribution is -0.138. The highest BCUT2D eigenvalue weighted by atomic mass is 79.9. The molecule has 4 aromatic rings. The number of esters is 1. The maximum atomic E-state index is 13.9. The number of nitrogens with two attached hydrogens (primary N) is 1. The first-order chi connectivity index (χ1) is 22.3. The number of rotatable bonds is 9. The van der Waals surface area contributed by atoms with Crippen LogP contribution in [-0.2, 0) is 20.9 Å². The van der Waals surface area contributed by atoms with Crippen molar-refractivity contribution in [3.8, 4) is 17.3 Å². The van der Waals surface area contributed by atoms with Crippen molar-refractivity contribution in [1.29, 1.82) is 0 Å². The number of hydrogen-bond acceptors (Lipinski definition) is 11. The van der Waals surface area contributed by atoms with Gasteiger partial charge < -0.3 is 25.8 Å². The zero-order chi connectivity index (χ0) is 33.8. The molecule has 246 valence electrons. The standard InChI is InChI=1S/C32H36BrN9O5/c1-15(2)26(34)30(46)47-31-36-11-18(12-37-31)20-8-19-22(13-35-20)41(40-27(19)17(4)43)14-25(44)42-21(9-32(5)10-23(32)42)29(45)39-28-16(3)6-7-24(33)38-28/h6-8,11-13,15,17,21,23,26,43H,9-10,14,34H2,1-5H3,(H,38,39,45)/t17?,21-,23?,26-,32-/m0/s1. The van der Waals surface area contributed by atoms with Crippen LogP contribution in [0.3, 0.4) is 0 Å². The molecule has 1 saturated heterocycles. The number of fused-ring (bicyclic) bond motifs is 2. The van der Waals surface area contributed by atoms with Crippen molar-refractivity contribution >= 4 is 50.4 Å². The summed E-state index contributed by atoms with van der Waals surface area (Å²) in [7, 11) is 0. The number of hydrogen-bond donors (Lipinski definition) is 3. The fourth-order valence-corrected chi connectivity index (χ4v) is 6.33. The number of ether oxygens (including phenoxy) is 1. The average Bonchev–Trinajstić information content (AvgIpc) is 3.39. The van der Waals surface area contributed by atoms with Gasteiger partial charge in [-0.25, -0.2) is 19.7 Å². The van der Waals surface area contributed by atoms with E-state index in [2.05, 4.69) is 53.2 Å². The van der Waals surface area contributed by atoms with Crippen molar-refractivity contribution < 1.29 is 24.2 Å². The molecule has 2 aliphatic rings. The van der Waals surface area contributed by atoms with Crippen LogP contribution in [-0.4, -0.2) is 75.6 Å². The van der Waals surface area contributed by atoms with Gasteiger partial charge >= 0.3 is 12.0 Å². The van der Waals surface area contributed by atoms with Gasteiger partial charge in [0.05, 0.1) is 29.2 Å². The average molecular weight is 707 g/mol. The Morgan fingerprint density at radius 3 is 2.55 bits per heavy atom. The smallest absolute Gasteiger partial charge is 0.330 e. The molecule has 2 amide bonds. The largest absolute Gasteiger partial charge is 0.390 e. The second-order valence-corrected chi connectivity index (χ2v) is 13.7. The fraction of sp³-hybridized carbons (Fsp3) is 0.438. The Morgan fingerprint density at radius 2 is 1.87 bits per heavy atom. The number of aliphatic hydroxyl groups excluding tert-OH is 1. The Labute approximate surface area is 279 Å². The van der Waals surface area contributed by atoms with E-state index in [0.29, 0.717) is 44.7 Å². The second-order valence-electron chi connectivity index (χ2n) is 12.9. The highest BCUT2D eigenvalue weighted by Crippen LogP contribution is 2.59. The first kappa shape index (κ1) is 32.6. The van der Waals surface area contributed by atoms with Crippen LogP contribution in [0.5, 0.6) is 6.01 Å². The lowest BCUT2D eigenvalue weighted by Gasteiger charge is -2.27. The molecule has 2 unspecified atom stereocenters. The molecule has 14 nitrogen and oxygen atoms in total. The van der Waals surface area contributed by atoms with Crippen molar-refractivity contribution in [3.05, 3.63) is 52.7 Å². The minimum Gasteiger partial charge on any atom is -0.390 e. The van der Waals surface area contributed by atoms with Crippen LogP contribution in [0.15, 0.2) is 41.4 Å². The number of aromatic nitrogens is 6. The number of aryl methyl sites for hydroxylation is 1. The van der Waals surface area contributed by atoms with E-state index >= 15 is 0 Å². The van der Waals surface area contributed by atoms with Crippen LogP contribution >= 0.6 is 15.9 Å². The molecule has 4 aromatic heterocycles. The first-order valence-corrected chi connectivity index (χ1v) is 16.1. The van der Waals surface area contributed by atoms with Gasteiger partial charge in [-0.15, -0.1) is 0 Å². The molecule has 5 heterocycles. The zero-order valence-electron chi connectivity index (χ0n) is 26.6. The number of nitrogens with one attached hydrogen (secondary N) is 1. The lowest BCUT2D eigenvalue weighted by Crippen LogP contribution is -2.47. The van der Waals surface area contributed by atoms with E-state index < -0.39 is 24.2 Å². The summed E-state index contributed by atoms with van der Waals surface area (Å²) in [4.78, 5) is 58.4. The number of piperidine rings is 1. The van der Waals surface area contributed by atoms with E-state index in [0.717, 1.165) is 12.0 Å². The van der Waals surface area contributed by atoms with Gasteiger partial charge in [-0.1, -0.05) is 26.8 Å². The van der Waals surface area contributed by atoms with Gasteiger partial charge in [-0.3, -0.25) is 19.3 Å². The topological polar surface area (TPSA) is 191 Å². The predicted molar refractivity (Wildman–Crippen MR) is 175 cm³/mol. The quantitative estimate of drug-likeness (QED) is 0.171. The van der Waals surface area contributed by atoms with Crippen LogP contribution in [0.2, 0.25) is 0 Å². The van der Waals surface area contributed by atoms with Crippen molar-refractivity contribution in [3.63, 3.8) is 0 Å². The molecule has 15 heteroatoms. The van der Waals surface area contributed by atoms with Crippen molar-refractivity contribution in [2.24, 2.45) is 17.1 Å². The van der Waals surface area contributed by atoms with Crippen LogP contribution in [0.4, 0.5) is 5.82 Å². The van der Waals surface area contributed by atoms with Crippen LogP contribution < -0.4 is 15.8 Å². The summed E-state index contributed by atoms with van der Waals surface area (Å²) in [5.41, 5.74) is 8.47. The van der Waals surface area contributed by atoms with E-state index in [1.54, 1.807) is 30.2 Å². The number of aliphatic hydroxyl groups is 1. The van der Waals surface area contributed by atoms with Crippen molar-refractivity contribution in [1.82, 2.24) is 34.6 Å². The molecule has 0 radical (unpaired) electrons. The molecule has 0 bridgehead atoms. The van der Waals surface area contributed by atoms with E-state index in [1.165, 1.54) is 17.1 Å². The van der Waals surface area contributed by atoms with E-state index in [9.17, 15) is 19.5 Å². The molecule has 4 N–H and O–H groups in total. The Bertz CT molecular complexity index is 1880. The number of amides is 2. The Balaban J connectivity index is 1.23. The molecule has 5 atom stereocenters. The summed E-state index contributed by atoms with van der Waals surface area (Å²) < 4.78 is 7.30. The van der Waals surface area contributed by atoms with E-state index in [1.807, 2.05) is 26.8 Å². The fourth-order valence-electron chi connectivity index (χ4n) is 6.02. The highest BCUT2D eigenvalue weighted by molar-refractivity contribution is 9.10. The summed E-state index contributed by atoms with van der Waals surface area (Å²) in [6.45, 7) is 9.03. The molecule has 1 saturated carbocycles. The summed E-state index contributed by atoms with van der Waals surface area (Å²) >= 11 is 3.35. The van der Waals surface area contributed by atoms with Crippen LogP contribution in [0.1, 0.15) is 57.9 Å². The van der Waals surface area contributed by atoms with Gasteiger partial charge in [0.2, 0.25) is 11.8 Å². The molecular formula is C32H36BrN9O5. The number of nitrogens with zero attached hydrogens (tertiary/aromatic N) is 7. The third-order valence-corrected chi connectivity index (χ3v) is 9.42. The van der Waals surface area contributed by atoms with Gasteiger partial charge in [-0.2, -0.15) is 5.10 Å². The molecule has 47 heavy (non-hydrogen) atoms. The minimum absolute atomic E-state index is 0.0477. The number of likely N-dealkylation sites (tertiary alicyclic amines) is 1. The lowest BCUT2D eigenvalue weighted by atomic mass is 10.0. The summed E-state index contributed by atoms with van der Waals surface area (Å²) in [5, 5.41) is 18.7. The molecule has 0 aromatic carbocycles. The maximum absolute atomic E-state index is 13.9. The van der Waals surface area contributed by atoms with Crippen LogP contribution in [0.25, 0.3) is 22.2 Å². The Hall–Kier alpha value is -4.34. The zero-order valence-corrected chi connectivity index (χ0v) is 28.2. The summed E-state index contributed by atoms with van der Waals surface area (Å²) in [5.74, 6) is -0.823. The third-order valence-electron chi connectivity index (χ3n) is 8.98. The van der Waals surface area contributed by atoms with Gasteiger partial charge in [0.1, 0.15) is 29.0 Å². The molecule has 6 rings (SSSR count). The van der Waals surface area contributed by atoms with Crippen molar-refractivity contribution in [2.75, 3.05) is 5.32 Å². The summed E-state index contributed by atoms with van der Waals surface area (Å²) in [6.07, 6.45) is 4.95. The number of carbonyl (C=O) groups excluding carboxylic acids is 3. The monoisotopic (exact) mass is 705 g/mol. The predicted octanol–water partition coefficient (Wildman–Crippen LogP) is 3.31. The molecular weight excluding hydrogens is 670 g/mol. The Kier molecular flexibility index (Phi) is 8.57. The molecule has 0 spiro atoms. The Morgan fingerprint density at radius 1 is 1.15 bits per heavy atom. The van der Waals surface area contributed by atoms with E-state index in [4.69, 9.17) is 10.5 Å². The number of anilines is 1. The first-order valence-electron chi connectivity index (χ1n) is 15.3. The normalized spacial score (nSPS) is 21.4. The SMILES string of the molecule is Cc1ccc(Br)nc1NC(=O)[C@@H]1C[C@@]2(C)CC2N1C(=O)Cn1nc(C(C)O)c2cc(-c3cnc(OC(=O)[C@@H](N)C(C)C)nc3)ncc21. The molecule has 1 aliphatic heterocycles. The minimum atomic E-state index is -0.940. The van der Waals surface area contributed by atoms with Gasteiger partial charge in [0, 0.05) is 29.4 Å². The summed E-state index contributed by atoms with van der Waals surface area (Å²) in [6, 6.07) is 3.76. The molecule has 1 aliphatic carbocycles. The van der Waals surface area contributed by atoms with Crippen molar-refractivity contribution in [2.45, 2.75) is 78.2 Å². The number of carbonyl (C=O) groups is 3.